The Hall–Kier alpha value is -1.92. The topological polar surface area (TPSA) is 54.7 Å². The fourth-order valence-electron chi connectivity index (χ4n) is 3.68. The quantitative estimate of drug-likeness (QED) is 0.907. The van der Waals surface area contributed by atoms with Gasteiger partial charge in [0.1, 0.15) is 5.71 Å². The zero-order chi connectivity index (χ0) is 15.6. The highest BCUT2D eigenvalue weighted by Gasteiger charge is 2.38. The van der Waals surface area contributed by atoms with Gasteiger partial charge in [-0.3, -0.25) is 10.1 Å². The Bertz CT molecular complexity index is 603. The van der Waals surface area contributed by atoms with Crippen LogP contribution in [0.5, 0.6) is 0 Å². The molecule has 0 aromatic heterocycles. The standard InChI is InChI=1S/C17H23N5O/c23-22-16(20-10-4-5-11-20)15(14-8-2-1-3-9-14)18-19-17(22)21-12-6-7-13-21/h1-3,8-9,16,23H,4-7,10-13H2. The monoisotopic (exact) mass is 313 g/mol. The molecule has 2 saturated heterocycles. The highest BCUT2D eigenvalue weighted by molar-refractivity contribution is 6.07. The lowest BCUT2D eigenvalue weighted by Gasteiger charge is -2.39. The smallest absolute Gasteiger partial charge is 0.247 e. The second kappa shape index (κ2) is 6.29. The van der Waals surface area contributed by atoms with Crippen molar-refractivity contribution in [1.29, 1.82) is 0 Å². The van der Waals surface area contributed by atoms with E-state index in [0.29, 0.717) is 5.96 Å². The van der Waals surface area contributed by atoms with Crippen LogP contribution in [-0.4, -0.2) is 64.1 Å². The molecule has 1 unspecified atom stereocenters. The Balaban J connectivity index is 1.71. The van der Waals surface area contributed by atoms with Crippen LogP contribution in [-0.2, 0) is 0 Å². The molecule has 3 aliphatic heterocycles. The first-order valence-electron chi connectivity index (χ1n) is 8.53. The molecule has 6 nitrogen and oxygen atoms in total. The average molecular weight is 313 g/mol. The summed E-state index contributed by atoms with van der Waals surface area (Å²) in [6, 6.07) is 10.1. The maximum absolute atomic E-state index is 10.9. The molecule has 0 aliphatic carbocycles. The third kappa shape index (κ3) is 2.72. The van der Waals surface area contributed by atoms with Crippen molar-refractivity contribution < 1.29 is 5.21 Å². The first kappa shape index (κ1) is 14.7. The van der Waals surface area contributed by atoms with E-state index in [0.717, 1.165) is 50.3 Å². The molecule has 0 radical (unpaired) electrons. The normalized spacial score (nSPS) is 25.7. The van der Waals surface area contributed by atoms with Crippen molar-refractivity contribution in [3.63, 3.8) is 0 Å². The van der Waals surface area contributed by atoms with Gasteiger partial charge in [-0.25, -0.2) is 0 Å². The van der Waals surface area contributed by atoms with E-state index >= 15 is 0 Å². The number of hydroxylamine groups is 2. The van der Waals surface area contributed by atoms with Crippen LogP contribution in [0.1, 0.15) is 31.2 Å². The Morgan fingerprint density at radius 3 is 2.22 bits per heavy atom. The van der Waals surface area contributed by atoms with Crippen LogP contribution >= 0.6 is 0 Å². The van der Waals surface area contributed by atoms with Gasteiger partial charge in [0.05, 0.1) is 0 Å². The van der Waals surface area contributed by atoms with Crippen LogP contribution in [0.25, 0.3) is 0 Å². The Morgan fingerprint density at radius 1 is 0.870 bits per heavy atom. The lowest BCUT2D eigenvalue weighted by atomic mass is 10.1. The Kier molecular flexibility index (Phi) is 4.01. The molecule has 0 spiro atoms. The molecular formula is C17H23N5O. The molecule has 0 saturated carbocycles. The zero-order valence-corrected chi connectivity index (χ0v) is 13.3. The van der Waals surface area contributed by atoms with Crippen LogP contribution in [0.15, 0.2) is 40.5 Å². The molecule has 122 valence electrons. The van der Waals surface area contributed by atoms with Gasteiger partial charge in [-0.1, -0.05) is 30.3 Å². The minimum atomic E-state index is -0.243. The van der Waals surface area contributed by atoms with Gasteiger partial charge < -0.3 is 4.90 Å². The van der Waals surface area contributed by atoms with Gasteiger partial charge in [0.15, 0.2) is 6.17 Å². The number of hydrogen-bond acceptors (Lipinski definition) is 6. The van der Waals surface area contributed by atoms with Gasteiger partial charge in [0, 0.05) is 31.7 Å². The summed E-state index contributed by atoms with van der Waals surface area (Å²) < 4.78 is 0. The number of benzene rings is 1. The molecule has 6 heteroatoms. The number of rotatable bonds is 2. The predicted molar refractivity (Wildman–Crippen MR) is 89.4 cm³/mol. The van der Waals surface area contributed by atoms with Crippen molar-refractivity contribution in [3.8, 4) is 0 Å². The molecule has 0 amide bonds. The lowest BCUT2D eigenvalue weighted by molar-refractivity contribution is -0.0891. The number of guanidine groups is 1. The second-order valence-corrected chi connectivity index (χ2v) is 6.41. The van der Waals surface area contributed by atoms with Gasteiger partial charge in [-0.05, 0) is 25.7 Å². The fraction of sp³-hybridized carbons (Fsp3) is 0.529. The van der Waals surface area contributed by atoms with Crippen LogP contribution in [0.2, 0.25) is 0 Å². The van der Waals surface area contributed by atoms with E-state index in [-0.39, 0.29) is 6.17 Å². The average Bonchev–Trinajstić information content (AvgIpc) is 3.29. The summed E-state index contributed by atoms with van der Waals surface area (Å²) in [4.78, 5) is 4.44. The predicted octanol–water partition coefficient (Wildman–Crippen LogP) is 1.97. The molecule has 1 atom stereocenters. The molecule has 1 aromatic rings. The highest BCUT2D eigenvalue weighted by Crippen LogP contribution is 2.24. The van der Waals surface area contributed by atoms with E-state index in [2.05, 4.69) is 20.0 Å². The largest absolute Gasteiger partial charge is 0.339 e. The molecule has 23 heavy (non-hydrogen) atoms. The number of likely N-dealkylation sites (tertiary alicyclic amines) is 2. The Morgan fingerprint density at radius 2 is 1.52 bits per heavy atom. The zero-order valence-electron chi connectivity index (χ0n) is 13.3. The van der Waals surface area contributed by atoms with Crippen molar-refractivity contribution in [3.05, 3.63) is 35.9 Å². The van der Waals surface area contributed by atoms with Crippen molar-refractivity contribution in [2.24, 2.45) is 10.2 Å². The molecule has 2 fully saturated rings. The van der Waals surface area contributed by atoms with Crippen molar-refractivity contribution in [2.45, 2.75) is 31.8 Å². The van der Waals surface area contributed by atoms with Gasteiger partial charge in [-0.2, -0.15) is 5.06 Å². The molecule has 3 heterocycles. The third-order valence-corrected chi connectivity index (χ3v) is 4.87. The maximum Gasteiger partial charge on any atom is 0.247 e. The minimum Gasteiger partial charge on any atom is -0.339 e. The molecule has 3 aliphatic rings. The first-order chi connectivity index (χ1) is 11.3. The third-order valence-electron chi connectivity index (χ3n) is 4.87. The summed E-state index contributed by atoms with van der Waals surface area (Å²) in [5.74, 6) is 0.596. The summed E-state index contributed by atoms with van der Waals surface area (Å²) in [5.41, 5.74) is 1.85. The van der Waals surface area contributed by atoms with E-state index in [1.54, 1.807) is 0 Å². The summed E-state index contributed by atoms with van der Waals surface area (Å²) in [6.45, 7) is 3.86. The molecule has 0 bridgehead atoms. The molecule has 1 N–H and O–H groups in total. The van der Waals surface area contributed by atoms with Crippen LogP contribution in [0.3, 0.4) is 0 Å². The van der Waals surface area contributed by atoms with Crippen molar-refractivity contribution >= 4 is 11.7 Å². The number of hydrogen-bond donors (Lipinski definition) is 1. The number of nitrogens with zero attached hydrogens (tertiary/aromatic N) is 5. The SMILES string of the molecule is ON1C(N2CCCC2)=NN=C(c2ccccc2)C1N1CCCC1. The summed E-state index contributed by atoms with van der Waals surface area (Å²) in [5, 5.41) is 21.1. The maximum atomic E-state index is 10.9. The minimum absolute atomic E-state index is 0.243. The summed E-state index contributed by atoms with van der Waals surface area (Å²) in [7, 11) is 0. The van der Waals surface area contributed by atoms with E-state index in [1.165, 1.54) is 17.9 Å². The van der Waals surface area contributed by atoms with Crippen LogP contribution in [0.4, 0.5) is 0 Å². The molecular weight excluding hydrogens is 290 g/mol. The summed E-state index contributed by atoms with van der Waals surface area (Å²) >= 11 is 0. The van der Waals surface area contributed by atoms with Crippen LogP contribution in [0, 0.1) is 0 Å². The molecule has 4 rings (SSSR count). The van der Waals surface area contributed by atoms with Gasteiger partial charge in [-0.15, -0.1) is 10.2 Å². The van der Waals surface area contributed by atoms with E-state index in [9.17, 15) is 5.21 Å². The van der Waals surface area contributed by atoms with Gasteiger partial charge >= 0.3 is 0 Å². The van der Waals surface area contributed by atoms with Gasteiger partial charge in [0.2, 0.25) is 5.96 Å². The van der Waals surface area contributed by atoms with E-state index in [1.807, 2.05) is 30.3 Å². The van der Waals surface area contributed by atoms with E-state index < -0.39 is 0 Å². The van der Waals surface area contributed by atoms with Gasteiger partial charge in [0.25, 0.3) is 0 Å². The molecule has 1 aromatic carbocycles. The first-order valence-corrected chi connectivity index (χ1v) is 8.53. The fourth-order valence-corrected chi connectivity index (χ4v) is 3.68. The highest BCUT2D eigenvalue weighted by atomic mass is 16.5. The van der Waals surface area contributed by atoms with Crippen LogP contribution < -0.4 is 0 Å². The Labute approximate surface area is 136 Å². The van der Waals surface area contributed by atoms with Crippen molar-refractivity contribution in [2.75, 3.05) is 26.2 Å². The lowest BCUT2D eigenvalue weighted by Crippen LogP contribution is -2.58. The second-order valence-electron chi connectivity index (χ2n) is 6.41. The van der Waals surface area contributed by atoms with E-state index in [4.69, 9.17) is 0 Å². The summed E-state index contributed by atoms with van der Waals surface area (Å²) in [6.07, 6.45) is 4.39. The van der Waals surface area contributed by atoms with Crippen molar-refractivity contribution in [1.82, 2.24) is 14.9 Å².